The zero-order chi connectivity index (χ0) is 19.5. The maximum Gasteiger partial charge on any atom is 0.271 e. The van der Waals surface area contributed by atoms with Crippen LogP contribution < -0.4 is 5.32 Å². The second kappa shape index (κ2) is 8.02. The molecule has 146 valence electrons. The predicted octanol–water partition coefficient (Wildman–Crippen LogP) is 3.56. The van der Waals surface area contributed by atoms with Crippen LogP contribution in [-0.2, 0) is 7.05 Å². The van der Waals surface area contributed by atoms with Gasteiger partial charge in [-0.25, -0.2) is 0 Å². The first-order valence-electron chi connectivity index (χ1n) is 9.78. The molecule has 4 rings (SSSR count). The highest BCUT2D eigenvalue weighted by atomic mass is 16.3. The highest BCUT2D eigenvalue weighted by Crippen LogP contribution is 2.25. The Kier molecular flexibility index (Phi) is 5.30. The summed E-state index contributed by atoms with van der Waals surface area (Å²) in [5.74, 6) is 0.730. The third-order valence-corrected chi connectivity index (χ3v) is 5.37. The largest absolute Gasteiger partial charge is 0.468 e. The first-order chi connectivity index (χ1) is 13.6. The number of rotatable bonds is 6. The summed E-state index contributed by atoms with van der Waals surface area (Å²) < 4.78 is 7.38. The van der Waals surface area contributed by atoms with Crippen molar-refractivity contribution in [1.29, 1.82) is 0 Å². The molecule has 3 aromatic rings. The smallest absolute Gasteiger partial charge is 0.271 e. The lowest BCUT2D eigenvalue weighted by atomic mass is 10.1. The molecule has 0 spiro atoms. The molecule has 6 nitrogen and oxygen atoms in total. The van der Waals surface area contributed by atoms with Crippen LogP contribution >= 0.6 is 0 Å². The first kappa shape index (κ1) is 18.5. The van der Waals surface area contributed by atoms with Crippen LogP contribution in [0, 0.1) is 6.92 Å². The van der Waals surface area contributed by atoms with Gasteiger partial charge in [0.25, 0.3) is 5.91 Å². The third-order valence-electron chi connectivity index (χ3n) is 5.37. The molecule has 3 heterocycles. The molecule has 1 unspecified atom stereocenters. The van der Waals surface area contributed by atoms with E-state index in [1.54, 1.807) is 10.9 Å². The molecule has 6 heteroatoms. The van der Waals surface area contributed by atoms with Crippen LogP contribution in [0.4, 0.5) is 0 Å². The summed E-state index contributed by atoms with van der Waals surface area (Å²) in [6, 6.07) is 14.0. The second-order valence-corrected chi connectivity index (χ2v) is 7.39. The minimum absolute atomic E-state index is 0.0572. The van der Waals surface area contributed by atoms with E-state index in [9.17, 15) is 4.79 Å². The molecule has 1 atom stereocenters. The maximum absolute atomic E-state index is 12.7. The van der Waals surface area contributed by atoms with Gasteiger partial charge in [0, 0.05) is 13.6 Å². The normalized spacial score (nSPS) is 15.6. The number of nitrogens with zero attached hydrogens (tertiary/aromatic N) is 3. The van der Waals surface area contributed by atoms with Gasteiger partial charge in [-0.3, -0.25) is 14.4 Å². The fourth-order valence-electron chi connectivity index (χ4n) is 3.80. The molecule has 0 bridgehead atoms. The Bertz CT molecular complexity index is 922. The highest BCUT2D eigenvalue weighted by Gasteiger charge is 2.26. The Hall–Kier alpha value is -2.86. The predicted molar refractivity (Wildman–Crippen MR) is 108 cm³/mol. The highest BCUT2D eigenvalue weighted by molar-refractivity contribution is 5.93. The topological polar surface area (TPSA) is 63.3 Å². The molecule has 1 fully saturated rings. The fourth-order valence-corrected chi connectivity index (χ4v) is 3.80. The van der Waals surface area contributed by atoms with Crippen molar-refractivity contribution < 1.29 is 9.21 Å². The maximum atomic E-state index is 12.7. The van der Waals surface area contributed by atoms with Gasteiger partial charge in [0.1, 0.15) is 5.76 Å². The standard InChI is InChI=1S/C22H26N4O2/c1-16-7-9-17(10-8-16)19-14-18(24-25(19)2)22(27)23-15-20(21-6-5-13-28-21)26-11-3-4-12-26/h5-10,13-14,20H,3-4,11-12,15H2,1-2H3,(H,23,27). The summed E-state index contributed by atoms with van der Waals surface area (Å²) in [5.41, 5.74) is 3.60. The third kappa shape index (κ3) is 3.87. The number of carbonyl (C=O) groups excluding carboxylic acids is 1. The van der Waals surface area contributed by atoms with Crippen LogP contribution in [0.3, 0.4) is 0 Å². The van der Waals surface area contributed by atoms with Crippen LogP contribution in [0.2, 0.25) is 0 Å². The van der Waals surface area contributed by atoms with Gasteiger partial charge in [-0.05, 0) is 56.6 Å². The molecule has 28 heavy (non-hydrogen) atoms. The molecular formula is C22H26N4O2. The number of carbonyl (C=O) groups is 1. The molecule has 1 aromatic carbocycles. The number of aromatic nitrogens is 2. The quantitative estimate of drug-likeness (QED) is 0.712. The van der Waals surface area contributed by atoms with Crippen molar-refractivity contribution in [1.82, 2.24) is 20.0 Å². The number of furan rings is 1. The summed E-state index contributed by atoms with van der Waals surface area (Å²) >= 11 is 0. The Balaban J connectivity index is 1.47. The molecule has 1 N–H and O–H groups in total. The summed E-state index contributed by atoms with van der Waals surface area (Å²) in [4.78, 5) is 15.1. The molecule has 0 radical (unpaired) electrons. The molecule has 1 amide bonds. The number of hydrogen-bond donors (Lipinski definition) is 1. The lowest BCUT2D eigenvalue weighted by Gasteiger charge is -2.25. The van der Waals surface area contributed by atoms with Crippen molar-refractivity contribution in [2.45, 2.75) is 25.8 Å². The Morgan fingerprint density at radius 2 is 1.96 bits per heavy atom. The average molecular weight is 378 g/mol. The Morgan fingerprint density at radius 3 is 2.64 bits per heavy atom. The van der Waals surface area contributed by atoms with Crippen molar-refractivity contribution in [2.24, 2.45) is 7.05 Å². The molecular weight excluding hydrogens is 352 g/mol. The van der Waals surface area contributed by atoms with Gasteiger partial charge in [-0.1, -0.05) is 29.8 Å². The van der Waals surface area contributed by atoms with Gasteiger partial charge in [0.2, 0.25) is 0 Å². The molecule has 1 aliphatic heterocycles. The SMILES string of the molecule is Cc1ccc(-c2cc(C(=O)NCC(c3ccco3)N3CCCC3)nn2C)cc1. The van der Waals surface area contributed by atoms with E-state index in [2.05, 4.69) is 34.4 Å². The van der Waals surface area contributed by atoms with Crippen LogP contribution in [-0.4, -0.2) is 40.2 Å². The van der Waals surface area contributed by atoms with Gasteiger partial charge in [-0.2, -0.15) is 5.10 Å². The van der Waals surface area contributed by atoms with Crippen molar-refractivity contribution in [3.05, 3.63) is 65.7 Å². The zero-order valence-electron chi connectivity index (χ0n) is 16.4. The van der Waals surface area contributed by atoms with E-state index in [0.29, 0.717) is 12.2 Å². The van der Waals surface area contributed by atoms with E-state index < -0.39 is 0 Å². The van der Waals surface area contributed by atoms with Gasteiger partial charge < -0.3 is 9.73 Å². The van der Waals surface area contributed by atoms with E-state index in [-0.39, 0.29) is 11.9 Å². The number of benzene rings is 1. The van der Waals surface area contributed by atoms with Gasteiger partial charge in [0.05, 0.1) is 18.0 Å². The minimum atomic E-state index is -0.162. The van der Waals surface area contributed by atoms with Crippen molar-refractivity contribution >= 4 is 5.91 Å². The van der Waals surface area contributed by atoms with Crippen LogP contribution in [0.25, 0.3) is 11.3 Å². The van der Waals surface area contributed by atoms with E-state index >= 15 is 0 Å². The second-order valence-electron chi connectivity index (χ2n) is 7.39. The summed E-state index contributed by atoms with van der Waals surface area (Å²) in [5, 5.41) is 7.46. The van der Waals surface area contributed by atoms with Crippen molar-refractivity contribution in [2.75, 3.05) is 19.6 Å². The zero-order valence-corrected chi connectivity index (χ0v) is 16.4. The van der Waals surface area contributed by atoms with Gasteiger partial charge >= 0.3 is 0 Å². The van der Waals surface area contributed by atoms with Crippen LogP contribution in [0.5, 0.6) is 0 Å². The average Bonchev–Trinajstić information content (AvgIpc) is 3.45. The minimum Gasteiger partial charge on any atom is -0.468 e. The van der Waals surface area contributed by atoms with E-state index in [1.807, 2.05) is 37.4 Å². The van der Waals surface area contributed by atoms with E-state index in [4.69, 9.17) is 4.42 Å². The summed E-state index contributed by atoms with van der Waals surface area (Å²) in [6.45, 7) is 4.62. The van der Waals surface area contributed by atoms with Gasteiger partial charge in [-0.15, -0.1) is 0 Å². The number of nitrogens with one attached hydrogen (secondary N) is 1. The Labute approximate surface area is 165 Å². The number of amides is 1. The number of likely N-dealkylation sites (tertiary alicyclic amines) is 1. The molecule has 0 saturated carbocycles. The van der Waals surface area contributed by atoms with E-state index in [0.717, 1.165) is 30.1 Å². The Morgan fingerprint density at radius 1 is 1.21 bits per heavy atom. The summed E-state index contributed by atoms with van der Waals surface area (Å²) in [6.07, 6.45) is 4.06. The van der Waals surface area contributed by atoms with Gasteiger partial charge in [0.15, 0.2) is 5.69 Å². The fraction of sp³-hybridized carbons (Fsp3) is 0.364. The summed E-state index contributed by atoms with van der Waals surface area (Å²) in [7, 11) is 1.86. The lowest BCUT2D eigenvalue weighted by molar-refractivity contribution is 0.0928. The van der Waals surface area contributed by atoms with Crippen LogP contribution in [0.1, 0.15) is 40.7 Å². The molecule has 1 saturated heterocycles. The first-order valence-corrected chi connectivity index (χ1v) is 9.78. The van der Waals surface area contributed by atoms with E-state index in [1.165, 1.54) is 18.4 Å². The lowest BCUT2D eigenvalue weighted by Crippen LogP contribution is -2.36. The monoisotopic (exact) mass is 378 g/mol. The number of aryl methyl sites for hydroxylation is 2. The number of hydrogen-bond acceptors (Lipinski definition) is 4. The van der Waals surface area contributed by atoms with Crippen molar-refractivity contribution in [3.8, 4) is 11.3 Å². The molecule has 2 aromatic heterocycles. The molecule has 1 aliphatic rings. The molecule has 0 aliphatic carbocycles. The van der Waals surface area contributed by atoms with Crippen LogP contribution in [0.15, 0.2) is 53.1 Å². The van der Waals surface area contributed by atoms with Crippen molar-refractivity contribution in [3.63, 3.8) is 0 Å².